The van der Waals surface area contributed by atoms with Crippen LogP contribution in [0.4, 0.5) is 0 Å². The Balaban J connectivity index is 1.86. The summed E-state index contributed by atoms with van der Waals surface area (Å²) < 4.78 is 4.93. The molecule has 0 saturated carbocycles. The van der Waals surface area contributed by atoms with Crippen molar-refractivity contribution in [3.05, 3.63) is 12.2 Å². The molecule has 4 nitrogen and oxygen atoms in total. The van der Waals surface area contributed by atoms with Gasteiger partial charge < -0.3 is 9.84 Å². The Kier molecular flexibility index (Phi) is 2.63. The molecule has 0 spiro atoms. The molecule has 1 unspecified atom stereocenters. The monoisotopic (exact) mass is 185 g/mol. The summed E-state index contributed by atoms with van der Waals surface area (Å²) in [5.41, 5.74) is 0. The number of nitrogens with zero attached hydrogens (tertiary/aromatic N) is 2. The second-order valence-electron chi connectivity index (χ2n) is 2.77. The molecule has 1 aromatic rings. The lowest BCUT2D eigenvalue weighted by molar-refractivity contribution is 0.362. The zero-order valence-corrected chi connectivity index (χ0v) is 7.51. The van der Waals surface area contributed by atoms with Crippen LogP contribution in [-0.2, 0) is 6.42 Å². The molecule has 0 radical (unpaired) electrons. The van der Waals surface area contributed by atoms with E-state index in [2.05, 4.69) is 15.5 Å². The zero-order valence-electron chi connectivity index (χ0n) is 6.69. The van der Waals surface area contributed by atoms with Crippen LogP contribution in [0, 0.1) is 0 Å². The van der Waals surface area contributed by atoms with Crippen LogP contribution < -0.4 is 5.32 Å². The molecular weight excluding hydrogens is 174 g/mol. The Hall–Kier alpha value is -0.550. The maximum Gasteiger partial charge on any atom is 0.227 e. The van der Waals surface area contributed by atoms with Crippen LogP contribution in [-0.4, -0.2) is 34.2 Å². The first-order valence-electron chi connectivity index (χ1n) is 4.02. The topological polar surface area (TPSA) is 51.0 Å². The van der Waals surface area contributed by atoms with Crippen LogP contribution >= 0.6 is 11.8 Å². The fourth-order valence-electron chi connectivity index (χ4n) is 1.25. The lowest BCUT2D eigenvalue weighted by Gasteiger charge is -2.21. The first-order chi connectivity index (χ1) is 5.95. The molecule has 1 aliphatic heterocycles. The van der Waals surface area contributed by atoms with Gasteiger partial charge in [0, 0.05) is 30.5 Å². The van der Waals surface area contributed by atoms with Gasteiger partial charge in [0.25, 0.3) is 0 Å². The average molecular weight is 185 g/mol. The largest absolute Gasteiger partial charge is 0.340 e. The highest BCUT2D eigenvalue weighted by molar-refractivity contribution is 7.99. The summed E-state index contributed by atoms with van der Waals surface area (Å²) in [7, 11) is 0. The third kappa shape index (κ3) is 1.98. The molecular formula is C7H11N3OS. The maximum absolute atomic E-state index is 4.93. The summed E-state index contributed by atoms with van der Waals surface area (Å²) in [5, 5.41) is 6.98. The highest BCUT2D eigenvalue weighted by Gasteiger charge is 2.15. The van der Waals surface area contributed by atoms with E-state index in [0.717, 1.165) is 24.6 Å². The van der Waals surface area contributed by atoms with E-state index in [1.165, 1.54) is 12.1 Å². The van der Waals surface area contributed by atoms with Crippen molar-refractivity contribution in [2.75, 3.05) is 18.1 Å². The van der Waals surface area contributed by atoms with Crippen LogP contribution in [0.5, 0.6) is 0 Å². The van der Waals surface area contributed by atoms with E-state index < -0.39 is 0 Å². The predicted octanol–water partition coefficient (Wildman–Crippen LogP) is 0.317. The number of rotatable bonds is 2. The summed E-state index contributed by atoms with van der Waals surface area (Å²) in [4.78, 5) is 3.98. The van der Waals surface area contributed by atoms with Gasteiger partial charge in [0.05, 0.1) is 0 Å². The van der Waals surface area contributed by atoms with Crippen LogP contribution in [0.25, 0.3) is 0 Å². The van der Waals surface area contributed by atoms with Crippen molar-refractivity contribution in [1.82, 2.24) is 15.5 Å². The Morgan fingerprint density at radius 1 is 1.75 bits per heavy atom. The lowest BCUT2D eigenvalue weighted by Crippen LogP contribution is -2.38. The number of nitrogens with one attached hydrogen (secondary N) is 1. The van der Waals surface area contributed by atoms with E-state index in [0.29, 0.717) is 6.04 Å². The lowest BCUT2D eigenvalue weighted by atomic mass is 10.2. The Bertz CT molecular complexity index is 221. The molecule has 2 rings (SSSR count). The van der Waals surface area contributed by atoms with Gasteiger partial charge in [-0.15, -0.1) is 0 Å². The molecule has 0 bridgehead atoms. The summed E-state index contributed by atoms with van der Waals surface area (Å²) in [5.74, 6) is 3.08. The zero-order chi connectivity index (χ0) is 8.23. The van der Waals surface area contributed by atoms with E-state index in [1.54, 1.807) is 0 Å². The SMILES string of the molecule is c1noc(CC2CSCCN2)n1. The van der Waals surface area contributed by atoms with Gasteiger partial charge in [0.1, 0.15) is 0 Å². The van der Waals surface area contributed by atoms with Crippen molar-refractivity contribution in [2.45, 2.75) is 12.5 Å². The fourth-order valence-corrected chi connectivity index (χ4v) is 2.20. The summed E-state index contributed by atoms with van der Waals surface area (Å²) in [6.07, 6.45) is 2.30. The fraction of sp³-hybridized carbons (Fsp3) is 0.714. The molecule has 2 heterocycles. The Labute approximate surface area is 75.1 Å². The molecule has 12 heavy (non-hydrogen) atoms. The molecule has 5 heteroatoms. The molecule has 66 valence electrons. The highest BCUT2D eigenvalue weighted by Crippen LogP contribution is 2.10. The van der Waals surface area contributed by atoms with E-state index in [4.69, 9.17) is 4.52 Å². The highest BCUT2D eigenvalue weighted by atomic mass is 32.2. The van der Waals surface area contributed by atoms with Crippen molar-refractivity contribution in [3.63, 3.8) is 0 Å². The minimum absolute atomic E-state index is 0.504. The number of hydrogen-bond acceptors (Lipinski definition) is 5. The molecule has 1 fully saturated rings. The predicted molar refractivity (Wildman–Crippen MR) is 47.1 cm³/mol. The minimum atomic E-state index is 0.504. The van der Waals surface area contributed by atoms with Crippen molar-refractivity contribution in [2.24, 2.45) is 0 Å². The van der Waals surface area contributed by atoms with Gasteiger partial charge in [-0.25, -0.2) is 0 Å². The van der Waals surface area contributed by atoms with Gasteiger partial charge in [-0.3, -0.25) is 0 Å². The molecule has 1 atom stereocenters. The number of hydrogen-bond donors (Lipinski definition) is 1. The summed E-state index contributed by atoms with van der Waals surface area (Å²) in [6.45, 7) is 1.09. The van der Waals surface area contributed by atoms with Crippen molar-refractivity contribution in [1.29, 1.82) is 0 Å². The molecule has 0 amide bonds. The number of thioether (sulfide) groups is 1. The Morgan fingerprint density at radius 3 is 3.42 bits per heavy atom. The smallest absolute Gasteiger partial charge is 0.227 e. The van der Waals surface area contributed by atoms with Gasteiger partial charge >= 0.3 is 0 Å². The average Bonchev–Trinajstić information content (AvgIpc) is 2.59. The van der Waals surface area contributed by atoms with Crippen molar-refractivity contribution in [3.8, 4) is 0 Å². The molecule has 1 saturated heterocycles. The second-order valence-corrected chi connectivity index (χ2v) is 3.91. The Morgan fingerprint density at radius 2 is 2.75 bits per heavy atom. The molecule has 1 N–H and O–H groups in total. The molecule has 1 aliphatic rings. The van der Waals surface area contributed by atoms with E-state index >= 15 is 0 Å². The third-order valence-electron chi connectivity index (χ3n) is 1.83. The van der Waals surface area contributed by atoms with Crippen molar-refractivity contribution < 1.29 is 4.52 Å². The van der Waals surface area contributed by atoms with Gasteiger partial charge in [-0.2, -0.15) is 16.7 Å². The summed E-state index contributed by atoms with van der Waals surface area (Å²) in [6, 6.07) is 0.504. The van der Waals surface area contributed by atoms with Gasteiger partial charge in [0.15, 0.2) is 6.33 Å². The maximum atomic E-state index is 4.93. The standard InChI is InChI=1S/C7H11N3OS/c1-2-12-4-6(8-1)3-7-9-5-10-11-7/h5-6,8H,1-4H2. The van der Waals surface area contributed by atoms with Gasteiger partial charge in [-0.1, -0.05) is 5.16 Å². The summed E-state index contributed by atoms with van der Waals surface area (Å²) >= 11 is 1.97. The van der Waals surface area contributed by atoms with E-state index in [1.807, 2.05) is 11.8 Å². The molecule has 0 aromatic carbocycles. The van der Waals surface area contributed by atoms with E-state index in [-0.39, 0.29) is 0 Å². The van der Waals surface area contributed by atoms with Gasteiger partial charge in [0.2, 0.25) is 5.89 Å². The van der Waals surface area contributed by atoms with E-state index in [9.17, 15) is 0 Å². The molecule has 0 aliphatic carbocycles. The number of aromatic nitrogens is 2. The first-order valence-corrected chi connectivity index (χ1v) is 5.17. The second kappa shape index (κ2) is 3.91. The first kappa shape index (κ1) is 8.07. The van der Waals surface area contributed by atoms with Gasteiger partial charge in [-0.05, 0) is 0 Å². The van der Waals surface area contributed by atoms with Crippen LogP contribution in [0.15, 0.2) is 10.9 Å². The quantitative estimate of drug-likeness (QED) is 0.719. The van der Waals surface area contributed by atoms with Crippen molar-refractivity contribution >= 4 is 11.8 Å². The third-order valence-corrected chi connectivity index (χ3v) is 2.96. The van der Waals surface area contributed by atoms with Crippen LogP contribution in [0.2, 0.25) is 0 Å². The normalized spacial score (nSPS) is 24.2. The van der Waals surface area contributed by atoms with Crippen LogP contribution in [0.3, 0.4) is 0 Å². The minimum Gasteiger partial charge on any atom is -0.340 e. The molecule has 1 aromatic heterocycles. The van der Waals surface area contributed by atoms with Crippen LogP contribution in [0.1, 0.15) is 5.89 Å².